The maximum atomic E-state index is 3.00. The molecule has 0 bridgehead atoms. The van der Waals surface area contributed by atoms with E-state index in [9.17, 15) is 0 Å². The van der Waals surface area contributed by atoms with Crippen LogP contribution in [0.2, 0.25) is 0 Å². The summed E-state index contributed by atoms with van der Waals surface area (Å²) in [5.41, 5.74) is 1.19. The van der Waals surface area contributed by atoms with Gasteiger partial charge in [0, 0.05) is 39.3 Å². The third-order valence-electron chi connectivity index (χ3n) is 1.21. The topological polar surface area (TPSA) is 3.24 Å². The quantitative estimate of drug-likeness (QED) is 0.525. The van der Waals surface area contributed by atoms with Gasteiger partial charge in [-0.15, -0.1) is 0 Å². The van der Waals surface area contributed by atoms with E-state index in [1.165, 1.54) is 5.69 Å². The Hall–Kier alpha value is -0.0666. The zero-order chi connectivity index (χ0) is 6.69. The van der Waals surface area contributed by atoms with Crippen molar-refractivity contribution in [1.29, 1.82) is 0 Å². The van der Waals surface area contributed by atoms with Gasteiger partial charge in [-0.1, -0.05) is 12.1 Å². The third-order valence-corrected chi connectivity index (χ3v) is 1.21. The maximum absolute atomic E-state index is 3.00. The van der Waals surface area contributed by atoms with Gasteiger partial charge in [0.05, 0.1) is 0 Å². The Labute approximate surface area is 87.0 Å². The molecule has 1 nitrogen and oxygen atoms in total. The smallest absolute Gasteiger partial charge is 0.0367 e. The van der Waals surface area contributed by atoms with Crippen LogP contribution in [0.5, 0.6) is 0 Å². The molecule has 57 valence electrons. The Balaban J connectivity index is 0. The number of halogens is 1. The number of nitrogens with zero attached hydrogens (tertiary/aromatic N) is 1. The summed E-state index contributed by atoms with van der Waals surface area (Å²) in [7, 11) is 4.03. The molecule has 0 fully saturated rings. The van der Waals surface area contributed by atoms with E-state index >= 15 is 0 Å². The van der Waals surface area contributed by atoms with E-state index < -0.39 is 0 Å². The molecule has 1 rings (SSSR count). The third kappa shape index (κ3) is 4.39. The molecule has 0 aromatic heterocycles. The van der Waals surface area contributed by atoms with Gasteiger partial charge in [-0.05, 0) is 18.2 Å². The zero-order valence-corrected chi connectivity index (χ0v) is 10.6. The van der Waals surface area contributed by atoms with Crippen molar-refractivity contribution in [2.24, 2.45) is 0 Å². The van der Waals surface area contributed by atoms with Gasteiger partial charge in [0.2, 0.25) is 0 Å². The average molecular weight is 221 g/mol. The summed E-state index contributed by atoms with van der Waals surface area (Å²) in [4.78, 5) is 2.05. The van der Waals surface area contributed by atoms with Crippen LogP contribution in [0.3, 0.4) is 0 Å². The minimum absolute atomic E-state index is 0. The first kappa shape index (κ1) is 13.5. The molecule has 0 unspecified atom stereocenters. The van der Waals surface area contributed by atoms with Gasteiger partial charge in [0.1, 0.15) is 0 Å². The fourth-order valence-corrected chi connectivity index (χ4v) is 0.662. The van der Waals surface area contributed by atoms with Crippen LogP contribution in [-0.2, 0) is 19.5 Å². The van der Waals surface area contributed by atoms with E-state index in [1.807, 2.05) is 32.3 Å². The Bertz CT molecular complexity index is 177. The van der Waals surface area contributed by atoms with Crippen LogP contribution in [-0.4, -0.2) is 14.1 Å². The van der Waals surface area contributed by atoms with Crippen molar-refractivity contribution in [3.63, 3.8) is 0 Å². The van der Waals surface area contributed by atoms with Crippen molar-refractivity contribution in [3.05, 3.63) is 30.3 Å². The first-order chi connectivity index (χ1) is 4.30. The summed E-state index contributed by atoms with van der Waals surface area (Å²) in [6, 6.07) is 10.9. The molecule has 0 saturated carbocycles. The number of hydrogen-bond acceptors (Lipinski definition) is 1. The number of anilines is 1. The molecule has 1 aromatic rings. The zero-order valence-electron chi connectivity index (χ0n) is 6.84. The molecule has 0 N–H and O–H groups in total. The summed E-state index contributed by atoms with van der Waals surface area (Å²) in [6.07, 6.45) is 0. The molecule has 0 heterocycles. The van der Waals surface area contributed by atoms with Crippen molar-refractivity contribution in [3.8, 4) is 0 Å². The molecule has 0 amide bonds. The monoisotopic (exact) mass is 219 g/mol. The Morgan fingerprint density at radius 3 is 2.27 bits per heavy atom. The molecule has 3 heteroatoms. The van der Waals surface area contributed by atoms with Crippen molar-refractivity contribution in [2.45, 2.75) is 0 Å². The van der Waals surface area contributed by atoms with Gasteiger partial charge in [-0.2, -0.15) is 0 Å². The van der Waals surface area contributed by atoms with Crippen LogP contribution in [0.25, 0.3) is 0 Å². The fourth-order valence-electron chi connectivity index (χ4n) is 0.662. The molecule has 1 aromatic carbocycles. The molecule has 0 atom stereocenters. The molecule has 0 aliphatic rings. The van der Waals surface area contributed by atoms with Gasteiger partial charge in [0.15, 0.2) is 0 Å². The van der Waals surface area contributed by atoms with Crippen LogP contribution in [0, 0.1) is 6.07 Å². The molecule has 0 spiro atoms. The van der Waals surface area contributed by atoms with Crippen LogP contribution >= 0.6 is 0 Å². The van der Waals surface area contributed by atoms with Crippen molar-refractivity contribution in [2.75, 3.05) is 19.0 Å². The van der Waals surface area contributed by atoms with Crippen molar-refractivity contribution >= 4 is 5.69 Å². The predicted molar refractivity (Wildman–Crippen MR) is 39.6 cm³/mol. The second-order valence-electron chi connectivity index (χ2n) is 2.16. The first-order valence-corrected chi connectivity index (χ1v) is 2.94. The van der Waals surface area contributed by atoms with Gasteiger partial charge in [0.25, 0.3) is 0 Å². The van der Waals surface area contributed by atoms with Gasteiger partial charge in [-0.3, -0.25) is 0 Å². The minimum Gasteiger partial charge on any atom is -1.00 e. The predicted octanol–water partition coefficient (Wildman–Crippen LogP) is -1.45. The van der Waals surface area contributed by atoms with Crippen LogP contribution in [0.4, 0.5) is 5.69 Å². The molecular formula is C8H10ClNZn-. The van der Waals surface area contributed by atoms with E-state index in [0.29, 0.717) is 0 Å². The Kier molecular flexibility index (Phi) is 8.15. The van der Waals surface area contributed by atoms with Crippen LogP contribution in [0.1, 0.15) is 0 Å². The molecule has 0 aliphatic heterocycles. The summed E-state index contributed by atoms with van der Waals surface area (Å²) in [5, 5.41) is 0. The number of benzene rings is 1. The Morgan fingerprint density at radius 1 is 1.36 bits per heavy atom. The molecular weight excluding hydrogens is 211 g/mol. The SMILES string of the molecule is CN(C)c1c[c]ccc1.[Cl-].[Zn]. The van der Waals surface area contributed by atoms with E-state index in [2.05, 4.69) is 17.0 Å². The summed E-state index contributed by atoms with van der Waals surface area (Å²) in [6.45, 7) is 0. The summed E-state index contributed by atoms with van der Waals surface area (Å²) >= 11 is 0. The first-order valence-electron chi connectivity index (χ1n) is 2.94. The minimum atomic E-state index is 0. The maximum Gasteiger partial charge on any atom is 0.0367 e. The number of hydrogen-bond donors (Lipinski definition) is 0. The van der Waals surface area contributed by atoms with E-state index in [4.69, 9.17) is 0 Å². The molecule has 11 heavy (non-hydrogen) atoms. The van der Waals surface area contributed by atoms with E-state index in [0.717, 1.165) is 0 Å². The molecule has 0 saturated heterocycles. The normalized spacial score (nSPS) is 7.45. The second-order valence-corrected chi connectivity index (χ2v) is 2.16. The summed E-state index contributed by atoms with van der Waals surface area (Å²) in [5.74, 6) is 0. The van der Waals surface area contributed by atoms with Crippen molar-refractivity contribution < 1.29 is 31.9 Å². The summed E-state index contributed by atoms with van der Waals surface area (Å²) < 4.78 is 0. The molecule has 0 aliphatic carbocycles. The van der Waals surface area contributed by atoms with Gasteiger partial charge in [-0.25, -0.2) is 0 Å². The van der Waals surface area contributed by atoms with Gasteiger partial charge < -0.3 is 17.3 Å². The van der Waals surface area contributed by atoms with Crippen molar-refractivity contribution in [1.82, 2.24) is 0 Å². The van der Waals surface area contributed by atoms with Gasteiger partial charge >= 0.3 is 0 Å². The van der Waals surface area contributed by atoms with E-state index in [-0.39, 0.29) is 31.9 Å². The largest absolute Gasteiger partial charge is 1.00 e. The standard InChI is InChI=1S/C8H10N.ClH.Zn/c1-9(2)8-6-4-3-5-7-8;;/h3-4,6-7H,1-2H3;1H;/p-1. The van der Waals surface area contributed by atoms with Crippen LogP contribution in [0.15, 0.2) is 24.3 Å². The average Bonchev–Trinajstić information content (AvgIpc) is 1.90. The Morgan fingerprint density at radius 2 is 2.00 bits per heavy atom. The fraction of sp³-hybridized carbons (Fsp3) is 0.250. The second kappa shape index (κ2) is 6.63. The molecule has 1 radical (unpaired) electrons. The van der Waals surface area contributed by atoms with E-state index in [1.54, 1.807) is 0 Å². The number of rotatable bonds is 1. The van der Waals surface area contributed by atoms with Crippen LogP contribution < -0.4 is 17.3 Å².